The normalized spacial score (nSPS) is 11.3. The molecule has 0 aliphatic carbocycles. The number of aryl methyl sites for hydroxylation is 1. The van der Waals surface area contributed by atoms with E-state index in [1.54, 1.807) is 26.0 Å². The van der Waals surface area contributed by atoms with Crippen LogP contribution in [0.15, 0.2) is 28.8 Å². The van der Waals surface area contributed by atoms with Gasteiger partial charge >= 0.3 is 5.97 Å². The Morgan fingerprint density at radius 3 is 2.62 bits per heavy atom. The van der Waals surface area contributed by atoms with Crippen LogP contribution in [0.5, 0.6) is 0 Å². The third-order valence-electron chi connectivity index (χ3n) is 4.02. The molecule has 0 fully saturated rings. The minimum Gasteiger partial charge on any atom is -0.481 e. The predicted octanol–water partition coefficient (Wildman–Crippen LogP) is 2.82. The van der Waals surface area contributed by atoms with Crippen molar-refractivity contribution in [2.24, 2.45) is 5.41 Å². The van der Waals surface area contributed by atoms with Crippen LogP contribution in [0.1, 0.15) is 39.0 Å². The summed E-state index contributed by atoms with van der Waals surface area (Å²) in [5.41, 5.74) is -0.214. The highest BCUT2D eigenvalue weighted by Gasteiger charge is 2.26. The molecule has 0 radical (unpaired) electrons. The summed E-state index contributed by atoms with van der Waals surface area (Å²) in [5, 5.41) is 15.6. The van der Waals surface area contributed by atoms with Gasteiger partial charge in [-0.25, -0.2) is 4.39 Å². The van der Waals surface area contributed by atoms with Crippen LogP contribution in [0.3, 0.4) is 0 Å². The second kappa shape index (κ2) is 8.55. The zero-order chi connectivity index (χ0) is 19.2. The summed E-state index contributed by atoms with van der Waals surface area (Å²) in [5.74, 6) is -0.593. The van der Waals surface area contributed by atoms with Gasteiger partial charge in [0.25, 0.3) is 0 Å². The first-order valence-electron chi connectivity index (χ1n) is 8.36. The fraction of sp³-hybridized carbons (Fsp3) is 0.444. The van der Waals surface area contributed by atoms with Gasteiger partial charge in [0.05, 0.1) is 5.41 Å². The van der Waals surface area contributed by atoms with Gasteiger partial charge in [0, 0.05) is 24.9 Å². The molecule has 1 aromatic heterocycles. The van der Waals surface area contributed by atoms with E-state index in [1.165, 1.54) is 12.1 Å². The molecule has 26 heavy (non-hydrogen) atoms. The maximum absolute atomic E-state index is 12.9. The fourth-order valence-corrected chi connectivity index (χ4v) is 2.18. The number of carbonyl (C=O) groups excluding carboxylic acids is 1. The van der Waals surface area contributed by atoms with Crippen molar-refractivity contribution in [1.29, 1.82) is 0 Å². The lowest BCUT2D eigenvalue weighted by Gasteiger charge is -2.18. The van der Waals surface area contributed by atoms with E-state index in [4.69, 9.17) is 9.63 Å². The number of rotatable bonds is 9. The SMILES string of the molecule is CC(C)(CCNC(=O)CCCc1nc(-c2ccc(F)cc2)no1)C(=O)O. The van der Waals surface area contributed by atoms with Crippen LogP contribution in [-0.4, -0.2) is 33.7 Å². The maximum Gasteiger partial charge on any atom is 0.309 e. The molecule has 1 aromatic carbocycles. The lowest BCUT2D eigenvalue weighted by atomic mass is 9.90. The number of halogens is 1. The first kappa shape index (κ1) is 19.6. The topological polar surface area (TPSA) is 105 Å². The maximum atomic E-state index is 12.9. The highest BCUT2D eigenvalue weighted by molar-refractivity contribution is 5.76. The number of carboxylic acids is 1. The summed E-state index contributed by atoms with van der Waals surface area (Å²) in [7, 11) is 0. The number of nitrogens with one attached hydrogen (secondary N) is 1. The van der Waals surface area contributed by atoms with E-state index in [0.29, 0.717) is 43.1 Å². The molecule has 0 aliphatic rings. The van der Waals surface area contributed by atoms with Gasteiger partial charge in [-0.2, -0.15) is 4.98 Å². The van der Waals surface area contributed by atoms with Crippen molar-refractivity contribution >= 4 is 11.9 Å². The second-order valence-corrected chi connectivity index (χ2v) is 6.66. The summed E-state index contributed by atoms with van der Waals surface area (Å²) in [6, 6.07) is 5.77. The molecular weight excluding hydrogens is 341 g/mol. The zero-order valence-corrected chi connectivity index (χ0v) is 14.8. The summed E-state index contributed by atoms with van der Waals surface area (Å²) < 4.78 is 18.0. The molecule has 0 unspecified atom stereocenters. The molecular formula is C18H22FN3O4. The Morgan fingerprint density at radius 1 is 1.27 bits per heavy atom. The minimum atomic E-state index is -0.889. The Morgan fingerprint density at radius 2 is 1.96 bits per heavy atom. The van der Waals surface area contributed by atoms with E-state index in [2.05, 4.69) is 15.5 Å². The fourth-order valence-electron chi connectivity index (χ4n) is 2.18. The first-order valence-corrected chi connectivity index (χ1v) is 8.36. The quantitative estimate of drug-likeness (QED) is 0.710. The molecule has 2 rings (SSSR count). The Hall–Kier alpha value is -2.77. The van der Waals surface area contributed by atoms with Crippen molar-refractivity contribution in [2.45, 2.75) is 39.5 Å². The summed E-state index contributed by atoms with van der Waals surface area (Å²) in [6.07, 6.45) is 1.61. The van der Waals surface area contributed by atoms with Crippen molar-refractivity contribution in [3.8, 4) is 11.4 Å². The monoisotopic (exact) mass is 363 g/mol. The summed E-state index contributed by atoms with van der Waals surface area (Å²) >= 11 is 0. The molecule has 8 heteroatoms. The Bertz CT molecular complexity index is 756. The van der Waals surface area contributed by atoms with Gasteiger partial charge in [0.2, 0.25) is 17.6 Å². The van der Waals surface area contributed by atoms with E-state index in [0.717, 1.165) is 0 Å². The number of carbonyl (C=O) groups is 2. The van der Waals surface area contributed by atoms with Crippen molar-refractivity contribution < 1.29 is 23.6 Å². The number of amides is 1. The number of aromatic nitrogens is 2. The van der Waals surface area contributed by atoms with Crippen LogP contribution in [0.4, 0.5) is 4.39 Å². The van der Waals surface area contributed by atoms with E-state index in [9.17, 15) is 14.0 Å². The Kier molecular flexibility index (Phi) is 6.43. The molecule has 0 saturated heterocycles. The minimum absolute atomic E-state index is 0.149. The van der Waals surface area contributed by atoms with E-state index < -0.39 is 11.4 Å². The molecule has 1 heterocycles. The molecule has 0 aliphatic heterocycles. The summed E-state index contributed by atoms with van der Waals surface area (Å²) in [6.45, 7) is 3.55. The lowest BCUT2D eigenvalue weighted by molar-refractivity contribution is -0.147. The average molecular weight is 363 g/mol. The third kappa shape index (κ3) is 5.65. The molecule has 0 saturated carbocycles. The third-order valence-corrected chi connectivity index (χ3v) is 4.02. The molecule has 7 nitrogen and oxygen atoms in total. The van der Waals surface area contributed by atoms with Gasteiger partial charge in [-0.1, -0.05) is 5.16 Å². The number of aliphatic carboxylic acids is 1. The van der Waals surface area contributed by atoms with Crippen LogP contribution < -0.4 is 5.32 Å². The van der Waals surface area contributed by atoms with Crippen molar-refractivity contribution in [1.82, 2.24) is 15.5 Å². The van der Waals surface area contributed by atoms with Gasteiger partial charge < -0.3 is 14.9 Å². The Balaban J connectivity index is 1.72. The second-order valence-electron chi connectivity index (χ2n) is 6.66. The lowest BCUT2D eigenvalue weighted by Crippen LogP contribution is -2.31. The number of hydrogen-bond acceptors (Lipinski definition) is 5. The average Bonchev–Trinajstić information content (AvgIpc) is 3.04. The molecule has 2 aromatic rings. The van der Waals surface area contributed by atoms with Gasteiger partial charge in [-0.15, -0.1) is 0 Å². The van der Waals surface area contributed by atoms with E-state index in [-0.39, 0.29) is 18.1 Å². The Labute approximate surface area is 150 Å². The number of hydrogen-bond donors (Lipinski definition) is 2. The number of carboxylic acid groups (broad SMARTS) is 1. The zero-order valence-electron chi connectivity index (χ0n) is 14.8. The van der Waals surface area contributed by atoms with Crippen LogP contribution in [0, 0.1) is 11.2 Å². The molecule has 1 amide bonds. The van der Waals surface area contributed by atoms with Crippen LogP contribution in [0.2, 0.25) is 0 Å². The van der Waals surface area contributed by atoms with Gasteiger partial charge in [-0.3, -0.25) is 9.59 Å². The molecule has 0 spiro atoms. The predicted molar refractivity (Wildman–Crippen MR) is 91.7 cm³/mol. The molecule has 0 bridgehead atoms. The van der Waals surface area contributed by atoms with Crippen LogP contribution in [-0.2, 0) is 16.0 Å². The number of nitrogens with zero attached hydrogens (tertiary/aromatic N) is 2. The first-order chi connectivity index (χ1) is 12.3. The van der Waals surface area contributed by atoms with Gasteiger partial charge in [-0.05, 0) is 51.0 Å². The van der Waals surface area contributed by atoms with Crippen molar-refractivity contribution in [3.05, 3.63) is 36.0 Å². The van der Waals surface area contributed by atoms with Gasteiger partial charge in [0.15, 0.2) is 0 Å². The van der Waals surface area contributed by atoms with E-state index in [1.807, 2.05) is 0 Å². The largest absolute Gasteiger partial charge is 0.481 e. The van der Waals surface area contributed by atoms with Crippen LogP contribution in [0.25, 0.3) is 11.4 Å². The van der Waals surface area contributed by atoms with E-state index >= 15 is 0 Å². The standard InChI is InChI=1S/C18H22FN3O4/c1-18(2,17(24)25)10-11-20-14(23)4-3-5-15-21-16(22-26-15)12-6-8-13(19)9-7-12/h6-9H,3-5,10-11H2,1-2H3,(H,20,23)(H,24,25). The number of benzene rings is 1. The molecule has 0 atom stereocenters. The van der Waals surface area contributed by atoms with Crippen molar-refractivity contribution in [2.75, 3.05) is 6.54 Å². The smallest absolute Gasteiger partial charge is 0.309 e. The van der Waals surface area contributed by atoms with Crippen molar-refractivity contribution in [3.63, 3.8) is 0 Å². The highest BCUT2D eigenvalue weighted by Crippen LogP contribution is 2.19. The highest BCUT2D eigenvalue weighted by atomic mass is 19.1. The van der Waals surface area contributed by atoms with Crippen LogP contribution >= 0.6 is 0 Å². The summed E-state index contributed by atoms with van der Waals surface area (Å²) in [4.78, 5) is 27.0. The van der Waals surface area contributed by atoms with Gasteiger partial charge in [0.1, 0.15) is 5.82 Å². The molecule has 2 N–H and O–H groups in total. The molecule has 140 valence electrons.